The van der Waals surface area contributed by atoms with Crippen molar-refractivity contribution in [2.45, 2.75) is 19.8 Å². The highest BCUT2D eigenvalue weighted by molar-refractivity contribution is 5.95. The van der Waals surface area contributed by atoms with Crippen molar-refractivity contribution < 1.29 is 14.3 Å². The van der Waals surface area contributed by atoms with Crippen molar-refractivity contribution in [2.75, 3.05) is 6.61 Å². The van der Waals surface area contributed by atoms with Crippen LogP contribution >= 0.6 is 0 Å². The Morgan fingerprint density at radius 2 is 2.16 bits per heavy atom. The Bertz CT molecular complexity index is 949. The van der Waals surface area contributed by atoms with Gasteiger partial charge in [0.2, 0.25) is 5.88 Å². The molecule has 0 bridgehead atoms. The molecule has 0 radical (unpaired) electrons. The van der Waals surface area contributed by atoms with Crippen LogP contribution < -0.4 is 5.73 Å². The van der Waals surface area contributed by atoms with Gasteiger partial charge in [-0.1, -0.05) is 18.2 Å². The van der Waals surface area contributed by atoms with Crippen LogP contribution in [0.4, 0.5) is 0 Å². The van der Waals surface area contributed by atoms with Crippen molar-refractivity contribution in [1.29, 1.82) is 5.26 Å². The van der Waals surface area contributed by atoms with Crippen molar-refractivity contribution in [3.8, 4) is 6.07 Å². The molecular weight excluding hydrogens is 318 g/mol. The number of esters is 1. The number of rotatable bonds is 3. The van der Waals surface area contributed by atoms with Crippen molar-refractivity contribution in [3.63, 3.8) is 0 Å². The molecule has 0 spiro atoms. The van der Waals surface area contributed by atoms with Gasteiger partial charge in [0.05, 0.1) is 23.6 Å². The van der Waals surface area contributed by atoms with Gasteiger partial charge in [-0.3, -0.25) is 4.98 Å². The molecule has 6 nitrogen and oxygen atoms in total. The molecule has 3 rings (SSSR count). The third kappa shape index (κ3) is 2.81. The Balaban J connectivity index is 2.28. The Labute approximate surface area is 145 Å². The van der Waals surface area contributed by atoms with E-state index in [0.29, 0.717) is 5.76 Å². The number of nitriles is 1. The molecule has 0 amide bonds. The van der Waals surface area contributed by atoms with E-state index in [4.69, 9.17) is 15.2 Å². The molecule has 1 atom stereocenters. The second kappa shape index (κ2) is 6.65. The predicted octanol–water partition coefficient (Wildman–Crippen LogP) is 2.88. The van der Waals surface area contributed by atoms with Crippen LogP contribution in [0.5, 0.6) is 0 Å². The summed E-state index contributed by atoms with van der Waals surface area (Å²) in [6.07, 6.45) is 1.65. The quantitative estimate of drug-likeness (QED) is 0.866. The summed E-state index contributed by atoms with van der Waals surface area (Å²) in [4.78, 5) is 16.9. The second-order valence-corrected chi connectivity index (χ2v) is 5.53. The van der Waals surface area contributed by atoms with Gasteiger partial charge in [0.25, 0.3) is 0 Å². The Kier molecular flexibility index (Phi) is 4.40. The highest BCUT2D eigenvalue weighted by Crippen LogP contribution is 2.41. The van der Waals surface area contributed by atoms with Gasteiger partial charge in [-0.15, -0.1) is 0 Å². The average Bonchev–Trinajstić information content (AvgIpc) is 2.60. The predicted molar refractivity (Wildman–Crippen MR) is 91.7 cm³/mol. The molecule has 2 aromatic rings. The number of fused-ring (bicyclic) bond motifs is 1. The third-order valence-electron chi connectivity index (χ3n) is 4.09. The molecular formula is C19H17N3O3. The smallest absolute Gasteiger partial charge is 0.338 e. The highest BCUT2D eigenvalue weighted by atomic mass is 16.5. The maximum Gasteiger partial charge on any atom is 0.338 e. The number of pyridine rings is 1. The molecule has 25 heavy (non-hydrogen) atoms. The number of hydrogen-bond donors (Lipinski definition) is 1. The lowest BCUT2D eigenvalue weighted by atomic mass is 9.82. The number of para-hydroxylation sites is 1. The molecule has 1 aromatic heterocycles. The first-order valence-electron chi connectivity index (χ1n) is 7.87. The molecule has 0 saturated heterocycles. The lowest BCUT2D eigenvalue weighted by molar-refractivity contribution is -0.139. The summed E-state index contributed by atoms with van der Waals surface area (Å²) in [5.74, 6) is -0.850. The van der Waals surface area contributed by atoms with Gasteiger partial charge in [-0.2, -0.15) is 5.26 Å². The molecule has 1 unspecified atom stereocenters. The fourth-order valence-electron chi connectivity index (χ4n) is 3.04. The second-order valence-electron chi connectivity index (χ2n) is 5.53. The first kappa shape index (κ1) is 16.5. The standard InChI is InChI=1S/C19H17N3O3/c1-3-24-19(23)16-11(2)25-18(21)14(10-20)17(16)13-8-9-22-15-7-5-4-6-12(13)15/h4-9,17H,3,21H2,1-2H3. The Morgan fingerprint density at radius 1 is 1.40 bits per heavy atom. The van der Waals surface area contributed by atoms with E-state index in [2.05, 4.69) is 11.1 Å². The Morgan fingerprint density at radius 3 is 2.88 bits per heavy atom. The first-order chi connectivity index (χ1) is 12.1. The fourth-order valence-corrected chi connectivity index (χ4v) is 3.04. The summed E-state index contributed by atoms with van der Waals surface area (Å²) in [6, 6.07) is 11.4. The SMILES string of the molecule is CCOC(=O)C1=C(C)OC(N)=C(C#N)C1c1ccnc2ccccc12. The van der Waals surface area contributed by atoms with Crippen molar-refractivity contribution in [1.82, 2.24) is 4.98 Å². The van der Waals surface area contributed by atoms with Crippen LogP contribution in [0.15, 0.2) is 59.3 Å². The van der Waals surface area contributed by atoms with Crippen molar-refractivity contribution in [3.05, 3.63) is 64.9 Å². The first-order valence-corrected chi connectivity index (χ1v) is 7.87. The van der Waals surface area contributed by atoms with E-state index in [-0.39, 0.29) is 23.6 Å². The minimum absolute atomic E-state index is 0.000980. The van der Waals surface area contributed by atoms with Crippen LogP contribution in [0, 0.1) is 11.3 Å². The molecule has 6 heteroatoms. The summed E-state index contributed by atoms with van der Waals surface area (Å²) in [5.41, 5.74) is 7.91. The summed E-state index contributed by atoms with van der Waals surface area (Å²) in [7, 11) is 0. The van der Waals surface area contributed by atoms with Gasteiger partial charge in [0.15, 0.2) is 0 Å². The summed E-state index contributed by atoms with van der Waals surface area (Å²) in [6.45, 7) is 3.59. The molecule has 2 heterocycles. The van der Waals surface area contributed by atoms with Crippen LogP contribution in [0.25, 0.3) is 10.9 Å². The van der Waals surface area contributed by atoms with E-state index in [0.717, 1.165) is 16.5 Å². The normalized spacial score (nSPS) is 17.2. The number of ether oxygens (including phenoxy) is 2. The van der Waals surface area contributed by atoms with E-state index < -0.39 is 11.9 Å². The van der Waals surface area contributed by atoms with Gasteiger partial charge >= 0.3 is 5.97 Å². The van der Waals surface area contributed by atoms with Gasteiger partial charge < -0.3 is 15.2 Å². The Hall–Kier alpha value is -3.33. The van der Waals surface area contributed by atoms with E-state index in [9.17, 15) is 10.1 Å². The molecule has 0 aliphatic carbocycles. The summed E-state index contributed by atoms with van der Waals surface area (Å²) < 4.78 is 10.6. The average molecular weight is 335 g/mol. The van der Waals surface area contributed by atoms with Crippen LogP contribution in [0.1, 0.15) is 25.3 Å². The summed E-state index contributed by atoms with van der Waals surface area (Å²) >= 11 is 0. The monoisotopic (exact) mass is 335 g/mol. The van der Waals surface area contributed by atoms with Gasteiger partial charge in [0.1, 0.15) is 17.4 Å². The van der Waals surface area contributed by atoms with E-state index in [1.165, 1.54) is 0 Å². The number of benzene rings is 1. The largest absolute Gasteiger partial charge is 0.463 e. The minimum atomic E-state index is -0.661. The van der Waals surface area contributed by atoms with Crippen LogP contribution in [-0.4, -0.2) is 17.6 Å². The fraction of sp³-hybridized carbons (Fsp3) is 0.211. The van der Waals surface area contributed by atoms with E-state index in [1.807, 2.05) is 24.3 Å². The van der Waals surface area contributed by atoms with E-state index in [1.54, 1.807) is 26.1 Å². The molecule has 0 fully saturated rings. The lowest BCUT2D eigenvalue weighted by Crippen LogP contribution is -2.25. The maximum atomic E-state index is 12.5. The zero-order valence-corrected chi connectivity index (χ0v) is 13.9. The van der Waals surface area contributed by atoms with Gasteiger partial charge in [-0.25, -0.2) is 4.79 Å². The zero-order chi connectivity index (χ0) is 18.0. The van der Waals surface area contributed by atoms with E-state index >= 15 is 0 Å². The van der Waals surface area contributed by atoms with Crippen LogP contribution in [0.2, 0.25) is 0 Å². The zero-order valence-electron chi connectivity index (χ0n) is 13.9. The molecule has 1 aliphatic rings. The van der Waals surface area contributed by atoms with Crippen molar-refractivity contribution in [2.24, 2.45) is 5.73 Å². The number of aromatic nitrogens is 1. The topological polar surface area (TPSA) is 98.2 Å². The number of carbonyl (C=O) groups is 1. The molecule has 0 saturated carbocycles. The van der Waals surface area contributed by atoms with Crippen molar-refractivity contribution >= 4 is 16.9 Å². The van der Waals surface area contributed by atoms with Gasteiger partial charge in [0, 0.05) is 11.6 Å². The number of allylic oxidation sites excluding steroid dienone is 2. The number of carbonyl (C=O) groups excluding carboxylic acids is 1. The number of nitrogens with zero attached hydrogens (tertiary/aromatic N) is 2. The molecule has 1 aliphatic heterocycles. The van der Waals surface area contributed by atoms with Gasteiger partial charge in [-0.05, 0) is 31.5 Å². The minimum Gasteiger partial charge on any atom is -0.463 e. The van der Waals surface area contributed by atoms with Crippen LogP contribution in [-0.2, 0) is 14.3 Å². The lowest BCUT2D eigenvalue weighted by Gasteiger charge is -2.27. The highest BCUT2D eigenvalue weighted by Gasteiger charge is 2.37. The summed E-state index contributed by atoms with van der Waals surface area (Å²) in [5, 5.41) is 10.5. The maximum absolute atomic E-state index is 12.5. The molecule has 2 N–H and O–H groups in total. The molecule has 126 valence electrons. The number of nitrogens with two attached hydrogens (primary N) is 1. The molecule has 1 aromatic carbocycles. The third-order valence-corrected chi connectivity index (χ3v) is 4.09. The van der Waals surface area contributed by atoms with Crippen LogP contribution in [0.3, 0.4) is 0 Å². The number of hydrogen-bond acceptors (Lipinski definition) is 6.